The fraction of sp³-hybridized carbons (Fsp3) is 0.818. The molecule has 1 unspecified atom stereocenters. The van der Waals surface area contributed by atoms with Crippen LogP contribution >= 0.6 is 0 Å². The predicted molar refractivity (Wildman–Crippen MR) is 57.9 cm³/mol. The molecule has 2 heteroatoms. The summed E-state index contributed by atoms with van der Waals surface area (Å²) in [7, 11) is 0. The quantitative estimate of drug-likeness (QED) is 0.614. The number of nitrogens with one attached hydrogen (secondary N) is 1. The molecule has 1 atom stereocenters. The van der Waals surface area contributed by atoms with Gasteiger partial charge in [0.2, 0.25) is 0 Å². The molecule has 13 heavy (non-hydrogen) atoms. The van der Waals surface area contributed by atoms with E-state index >= 15 is 0 Å². The van der Waals surface area contributed by atoms with Gasteiger partial charge in [0.15, 0.2) is 0 Å². The van der Waals surface area contributed by atoms with Crippen LogP contribution in [0.3, 0.4) is 0 Å². The zero-order valence-electron chi connectivity index (χ0n) is 9.34. The summed E-state index contributed by atoms with van der Waals surface area (Å²) in [6, 6.07) is 0. The third kappa shape index (κ3) is 9.57. The molecular weight excluding hydrogens is 162 g/mol. The van der Waals surface area contributed by atoms with E-state index in [1.807, 2.05) is 19.1 Å². The second-order valence-electron chi connectivity index (χ2n) is 3.77. The van der Waals surface area contributed by atoms with Gasteiger partial charge in [-0.2, -0.15) is 0 Å². The molecule has 1 N–H and O–H groups in total. The molecule has 0 aliphatic rings. The Morgan fingerprint density at radius 1 is 1.23 bits per heavy atom. The highest BCUT2D eigenvalue weighted by Gasteiger charge is 2.00. The van der Waals surface area contributed by atoms with Crippen LogP contribution in [0, 0.1) is 5.92 Å². The lowest BCUT2D eigenvalue weighted by Gasteiger charge is -2.13. The summed E-state index contributed by atoms with van der Waals surface area (Å²) >= 11 is 0. The summed E-state index contributed by atoms with van der Waals surface area (Å²) < 4.78 is 5.51. The Bertz CT molecular complexity index is 132. The summed E-state index contributed by atoms with van der Waals surface area (Å²) in [6.07, 6.45) is 4.34. The van der Waals surface area contributed by atoms with Crippen molar-refractivity contribution in [3.8, 4) is 0 Å². The van der Waals surface area contributed by atoms with Gasteiger partial charge in [0.05, 0.1) is 12.7 Å². The normalized spacial score (nSPS) is 14.2. The number of rotatable bonds is 7. The van der Waals surface area contributed by atoms with Gasteiger partial charge in [-0.3, -0.25) is 0 Å². The highest BCUT2D eigenvalue weighted by molar-refractivity contribution is 4.76. The van der Waals surface area contributed by atoms with E-state index in [-0.39, 0.29) is 0 Å². The lowest BCUT2D eigenvalue weighted by molar-refractivity contribution is 0.0873. The van der Waals surface area contributed by atoms with Gasteiger partial charge in [-0.15, -0.1) is 0 Å². The van der Waals surface area contributed by atoms with Gasteiger partial charge in [-0.1, -0.05) is 26.0 Å². The van der Waals surface area contributed by atoms with Crippen LogP contribution in [0.1, 0.15) is 27.7 Å². The Balaban J connectivity index is 3.24. The van der Waals surface area contributed by atoms with Gasteiger partial charge in [0, 0.05) is 6.54 Å². The molecule has 0 saturated heterocycles. The van der Waals surface area contributed by atoms with Crippen molar-refractivity contribution in [1.29, 1.82) is 0 Å². The average Bonchev–Trinajstić information content (AvgIpc) is 2.04. The maximum Gasteiger partial charge on any atom is 0.0675 e. The fourth-order valence-corrected chi connectivity index (χ4v) is 0.950. The standard InChI is InChI=1S/C11H23NO/c1-5-6-7-13-11(4)9-12-8-10(2)3/h5-6,10-12H,7-9H2,1-4H3. The molecule has 78 valence electrons. The van der Waals surface area contributed by atoms with Crippen molar-refractivity contribution < 1.29 is 4.74 Å². The van der Waals surface area contributed by atoms with Gasteiger partial charge < -0.3 is 10.1 Å². The van der Waals surface area contributed by atoms with Gasteiger partial charge in [-0.05, 0) is 26.3 Å². The molecule has 0 heterocycles. The third-order valence-electron chi connectivity index (χ3n) is 1.70. The van der Waals surface area contributed by atoms with Crippen molar-refractivity contribution in [3.63, 3.8) is 0 Å². The lowest BCUT2D eigenvalue weighted by atomic mass is 10.2. The molecule has 0 rings (SSSR count). The van der Waals surface area contributed by atoms with E-state index in [9.17, 15) is 0 Å². The summed E-state index contributed by atoms with van der Waals surface area (Å²) in [6.45, 7) is 11.2. The first-order valence-electron chi connectivity index (χ1n) is 5.10. The van der Waals surface area contributed by atoms with Crippen LogP contribution in [-0.2, 0) is 4.74 Å². The Labute approximate surface area is 82.4 Å². The molecule has 2 nitrogen and oxygen atoms in total. The van der Waals surface area contributed by atoms with E-state index in [4.69, 9.17) is 4.74 Å². The monoisotopic (exact) mass is 185 g/mol. The van der Waals surface area contributed by atoms with Crippen LogP contribution in [-0.4, -0.2) is 25.8 Å². The molecule has 0 bridgehead atoms. The number of allylic oxidation sites excluding steroid dienone is 1. The van der Waals surface area contributed by atoms with Gasteiger partial charge >= 0.3 is 0 Å². The predicted octanol–water partition coefficient (Wildman–Crippen LogP) is 2.21. The first kappa shape index (κ1) is 12.7. The van der Waals surface area contributed by atoms with Gasteiger partial charge in [-0.25, -0.2) is 0 Å². The maximum atomic E-state index is 5.51. The van der Waals surface area contributed by atoms with E-state index in [1.165, 1.54) is 0 Å². The zero-order valence-corrected chi connectivity index (χ0v) is 9.34. The van der Waals surface area contributed by atoms with Crippen molar-refractivity contribution in [2.75, 3.05) is 19.7 Å². The minimum Gasteiger partial charge on any atom is -0.373 e. The smallest absolute Gasteiger partial charge is 0.0675 e. The molecule has 0 radical (unpaired) electrons. The maximum absolute atomic E-state index is 5.51. The number of hydrogen-bond donors (Lipinski definition) is 1. The van der Waals surface area contributed by atoms with Crippen molar-refractivity contribution in [1.82, 2.24) is 5.32 Å². The Morgan fingerprint density at radius 3 is 2.46 bits per heavy atom. The minimum atomic E-state index is 0.301. The van der Waals surface area contributed by atoms with E-state index in [0.717, 1.165) is 19.7 Å². The highest BCUT2D eigenvalue weighted by Crippen LogP contribution is 1.91. The summed E-state index contributed by atoms with van der Waals surface area (Å²) in [5.41, 5.74) is 0. The van der Waals surface area contributed by atoms with Crippen molar-refractivity contribution in [2.45, 2.75) is 33.8 Å². The van der Waals surface area contributed by atoms with Crippen LogP contribution in [0.4, 0.5) is 0 Å². The minimum absolute atomic E-state index is 0.301. The third-order valence-corrected chi connectivity index (χ3v) is 1.70. The molecule has 0 spiro atoms. The Morgan fingerprint density at radius 2 is 1.92 bits per heavy atom. The molecule has 0 fully saturated rings. The zero-order chi connectivity index (χ0) is 10.1. The second-order valence-corrected chi connectivity index (χ2v) is 3.77. The van der Waals surface area contributed by atoms with Crippen LogP contribution in [0.15, 0.2) is 12.2 Å². The highest BCUT2D eigenvalue weighted by atomic mass is 16.5. The lowest BCUT2D eigenvalue weighted by Crippen LogP contribution is -2.29. The van der Waals surface area contributed by atoms with Crippen LogP contribution in [0.25, 0.3) is 0 Å². The number of ether oxygens (including phenoxy) is 1. The largest absolute Gasteiger partial charge is 0.373 e. The first-order valence-corrected chi connectivity index (χ1v) is 5.10. The van der Waals surface area contributed by atoms with Crippen LogP contribution in [0.2, 0.25) is 0 Å². The van der Waals surface area contributed by atoms with Crippen molar-refractivity contribution in [2.24, 2.45) is 5.92 Å². The number of hydrogen-bond acceptors (Lipinski definition) is 2. The molecule has 0 saturated carbocycles. The van der Waals surface area contributed by atoms with E-state index in [2.05, 4.69) is 26.1 Å². The molecule has 0 aliphatic carbocycles. The Hall–Kier alpha value is -0.340. The molecule has 0 aliphatic heterocycles. The topological polar surface area (TPSA) is 21.3 Å². The molecule has 0 aromatic carbocycles. The summed E-state index contributed by atoms with van der Waals surface area (Å²) in [5.74, 6) is 0.711. The molecule has 0 aromatic rings. The first-order chi connectivity index (χ1) is 6.16. The van der Waals surface area contributed by atoms with Gasteiger partial charge in [0.1, 0.15) is 0 Å². The van der Waals surface area contributed by atoms with Crippen LogP contribution in [0.5, 0.6) is 0 Å². The fourth-order valence-electron chi connectivity index (χ4n) is 0.950. The summed E-state index contributed by atoms with van der Waals surface area (Å²) in [5, 5.41) is 3.36. The molecule has 0 amide bonds. The molecular formula is C11H23NO. The molecule has 0 aromatic heterocycles. The van der Waals surface area contributed by atoms with Crippen molar-refractivity contribution >= 4 is 0 Å². The second kappa shape index (κ2) is 8.27. The van der Waals surface area contributed by atoms with E-state index in [0.29, 0.717) is 12.0 Å². The van der Waals surface area contributed by atoms with Crippen LogP contribution < -0.4 is 5.32 Å². The Kier molecular flexibility index (Phi) is 8.05. The van der Waals surface area contributed by atoms with Crippen molar-refractivity contribution in [3.05, 3.63) is 12.2 Å². The van der Waals surface area contributed by atoms with E-state index in [1.54, 1.807) is 0 Å². The van der Waals surface area contributed by atoms with E-state index < -0.39 is 0 Å². The SMILES string of the molecule is CC=CCOC(C)CNCC(C)C. The van der Waals surface area contributed by atoms with Gasteiger partial charge in [0.25, 0.3) is 0 Å². The average molecular weight is 185 g/mol. The summed E-state index contributed by atoms with van der Waals surface area (Å²) in [4.78, 5) is 0.